The van der Waals surface area contributed by atoms with Crippen LogP contribution in [0.5, 0.6) is 0 Å². The molecule has 1 N–H and O–H groups in total. The van der Waals surface area contributed by atoms with E-state index >= 15 is 0 Å². The predicted molar refractivity (Wildman–Crippen MR) is 88.3 cm³/mol. The van der Waals surface area contributed by atoms with E-state index in [1.807, 2.05) is 48.5 Å². The van der Waals surface area contributed by atoms with E-state index in [1.54, 1.807) is 0 Å². The highest BCUT2D eigenvalue weighted by molar-refractivity contribution is 9.10. The van der Waals surface area contributed by atoms with Crippen LogP contribution < -0.4 is 5.32 Å². The van der Waals surface area contributed by atoms with Crippen LogP contribution in [0.1, 0.15) is 24.1 Å². The molecule has 0 aliphatic heterocycles. The van der Waals surface area contributed by atoms with Crippen molar-refractivity contribution >= 4 is 27.6 Å². The zero-order valence-corrected chi connectivity index (χ0v) is 13.7. The highest BCUT2D eigenvalue weighted by Crippen LogP contribution is 2.23. The van der Waals surface area contributed by atoms with Crippen LogP contribution in [0, 0.1) is 0 Å². The number of benzene rings is 2. The monoisotopic (exact) mass is 347 g/mol. The summed E-state index contributed by atoms with van der Waals surface area (Å²) in [4.78, 5) is 12.0. The molecule has 0 amide bonds. The Morgan fingerprint density at radius 1 is 1.14 bits per heavy atom. The first-order valence-corrected chi connectivity index (χ1v) is 7.62. The summed E-state index contributed by atoms with van der Waals surface area (Å²) in [6.45, 7) is 2.10. The molecule has 0 bridgehead atoms. The molecule has 0 aliphatic carbocycles. The molecule has 1 atom stereocenters. The van der Waals surface area contributed by atoms with Crippen molar-refractivity contribution in [2.45, 2.75) is 19.4 Å². The predicted octanol–water partition coefficient (Wildman–Crippen LogP) is 4.34. The SMILES string of the molecule is CCc1ccc(C(Nc2ccc(Br)cc2)C(=O)OC)cc1. The summed E-state index contributed by atoms with van der Waals surface area (Å²) in [7, 11) is 1.40. The number of halogens is 1. The molecular formula is C17H18BrNO2. The summed E-state index contributed by atoms with van der Waals surface area (Å²) in [6.07, 6.45) is 0.976. The molecule has 3 nitrogen and oxygen atoms in total. The van der Waals surface area contributed by atoms with Crippen molar-refractivity contribution in [2.75, 3.05) is 12.4 Å². The summed E-state index contributed by atoms with van der Waals surface area (Å²) in [6, 6.07) is 15.2. The molecule has 0 radical (unpaired) electrons. The minimum absolute atomic E-state index is 0.304. The summed E-state index contributed by atoms with van der Waals surface area (Å²) in [5.74, 6) is -0.304. The van der Waals surface area contributed by atoms with Crippen LogP contribution in [0.3, 0.4) is 0 Å². The van der Waals surface area contributed by atoms with Gasteiger partial charge in [-0.25, -0.2) is 4.79 Å². The first kappa shape index (κ1) is 15.6. The normalized spacial score (nSPS) is 11.8. The van der Waals surface area contributed by atoms with Crippen LogP contribution in [-0.2, 0) is 16.0 Å². The maximum Gasteiger partial charge on any atom is 0.332 e. The lowest BCUT2D eigenvalue weighted by molar-refractivity contribution is -0.141. The third kappa shape index (κ3) is 4.08. The molecule has 2 rings (SSSR count). The molecule has 2 aromatic rings. The zero-order chi connectivity index (χ0) is 15.2. The topological polar surface area (TPSA) is 38.3 Å². The molecule has 110 valence electrons. The molecule has 4 heteroatoms. The number of carbonyl (C=O) groups excluding carboxylic acids is 1. The van der Waals surface area contributed by atoms with Crippen LogP contribution in [0.2, 0.25) is 0 Å². The summed E-state index contributed by atoms with van der Waals surface area (Å²) in [5, 5.41) is 3.22. The standard InChI is InChI=1S/C17H18BrNO2/c1-3-12-4-6-13(7-5-12)16(17(20)21-2)19-15-10-8-14(18)9-11-15/h4-11,16,19H,3H2,1-2H3. The minimum atomic E-state index is -0.512. The van der Waals surface area contributed by atoms with E-state index in [0.717, 1.165) is 22.1 Å². The number of anilines is 1. The highest BCUT2D eigenvalue weighted by atomic mass is 79.9. The number of rotatable bonds is 5. The number of methoxy groups -OCH3 is 1. The van der Waals surface area contributed by atoms with E-state index in [9.17, 15) is 4.79 Å². The van der Waals surface area contributed by atoms with Crippen molar-refractivity contribution in [2.24, 2.45) is 0 Å². The van der Waals surface area contributed by atoms with Crippen LogP contribution in [-0.4, -0.2) is 13.1 Å². The quantitative estimate of drug-likeness (QED) is 0.817. The average molecular weight is 348 g/mol. The van der Waals surface area contributed by atoms with Crippen molar-refractivity contribution in [1.82, 2.24) is 0 Å². The molecule has 21 heavy (non-hydrogen) atoms. The Balaban J connectivity index is 2.25. The van der Waals surface area contributed by atoms with Gasteiger partial charge in [0.25, 0.3) is 0 Å². The Kier molecular flexibility index (Phi) is 5.39. The lowest BCUT2D eigenvalue weighted by atomic mass is 10.0. The Bertz CT molecular complexity index is 593. The van der Waals surface area contributed by atoms with Gasteiger partial charge >= 0.3 is 5.97 Å². The smallest absolute Gasteiger partial charge is 0.332 e. The largest absolute Gasteiger partial charge is 0.467 e. The van der Waals surface area contributed by atoms with Gasteiger partial charge in [0, 0.05) is 10.2 Å². The van der Waals surface area contributed by atoms with Crippen molar-refractivity contribution in [3.8, 4) is 0 Å². The van der Waals surface area contributed by atoms with E-state index in [1.165, 1.54) is 12.7 Å². The summed E-state index contributed by atoms with van der Waals surface area (Å²) >= 11 is 3.40. The van der Waals surface area contributed by atoms with Crippen LogP contribution in [0.4, 0.5) is 5.69 Å². The van der Waals surface area contributed by atoms with Gasteiger partial charge in [0.15, 0.2) is 6.04 Å². The van der Waals surface area contributed by atoms with E-state index in [-0.39, 0.29) is 5.97 Å². The maximum absolute atomic E-state index is 12.0. The second-order valence-corrected chi connectivity index (χ2v) is 5.62. The van der Waals surface area contributed by atoms with Crippen molar-refractivity contribution in [3.63, 3.8) is 0 Å². The molecule has 0 aliphatic rings. The van der Waals surface area contributed by atoms with Gasteiger partial charge in [-0.05, 0) is 41.8 Å². The fourth-order valence-electron chi connectivity index (χ4n) is 2.05. The molecule has 0 saturated heterocycles. The second kappa shape index (κ2) is 7.27. The van der Waals surface area contributed by atoms with Crippen LogP contribution in [0.25, 0.3) is 0 Å². The highest BCUT2D eigenvalue weighted by Gasteiger charge is 2.21. The van der Waals surface area contributed by atoms with Gasteiger partial charge in [0.2, 0.25) is 0 Å². The number of esters is 1. The number of nitrogens with one attached hydrogen (secondary N) is 1. The number of carbonyl (C=O) groups is 1. The maximum atomic E-state index is 12.0. The van der Waals surface area contributed by atoms with E-state index < -0.39 is 6.04 Å². The van der Waals surface area contributed by atoms with Gasteiger partial charge in [-0.15, -0.1) is 0 Å². The van der Waals surface area contributed by atoms with Gasteiger partial charge in [0.05, 0.1) is 7.11 Å². The molecule has 1 unspecified atom stereocenters. The number of hydrogen-bond acceptors (Lipinski definition) is 3. The first-order valence-electron chi connectivity index (χ1n) is 6.82. The second-order valence-electron chi connectivity index (χ2n) is 4.70. The summed E-state index contributed by atoms with van der Waals surface area (Å²) < 4.78 is 5.90. The van der Waals surface area contributed by atoms with Gasteiger partial charge < -0.3 is 10.1 Å². The van der Waals surface area contributed by atoms with E-state index in [0.29, 0.717) is 0 Å². The minimum Gasteiger partial charge on any atom is -0.467 e. The zero-order valence-electron chi connectivity index (χ0n) is 12.1. The summed E-state index contributed by atoms with van der Waals surface area (Å²) in [5.41, 5.74) is 3.00. The van der Waals surface area contributed by atoms with Crippen LogP contribution >= 0.6 is 15.9 Å². The van der Waals surface area contributed by atoms with Gasteiger partial charge in [-0.3, -0.25) is 0 Å². The number of aryl methyl sites for hydroxylation is 1. The van der Waals surface area contributed by atoms with Gasteiger partial charge in [0.1, 0.15) is 0 Å². The van der Waals surface area contributed by atoms with Gasteiger partial charge in [-0.2, -0.15) is 0 Å². The average Bonchev–Trinajstić information content (AvgIpc) is 2.54. The third-order valence-corrected chi connectivity index (χ3v) is 3.84. The molecule has 0 aromatic heterocycles. The van der Waals surface area contributed by atoms with Crippen LogP contribution in [0.15, 0.2) is 53.0 Å². The Morgan fingerprint density at radius 3 is 2.29 bits per heavy atom. The van der Waals surface area contributed by atoms with E-state index in [2.05, 4.69) is 28.2 Å². The molecular weight excluding hydrogens is 330 g/mol. The molecule has 0 heterocycles. The van der Waals surface area contributed by atoms with Crippen molar-refractivity contribution in [3.05, 3.63) is 64.1 Å². The molecule has 0 spiro atoms. The number of ether oxygens (including phenoxy) is 1. The van der Waals surface area contributed by atoms with Crippen molar-refractivity contribution in [1.29, 1.82) is 0 Å². The third-order valence-electron chi connectivity index (χ3n) is 3.31. The molecule has 0 fully saturated rings. The fourth-order valence-corrected chi connectivity index (χ4v) is 2.32. The Morgan fingerprint density at radius 2 is 1.76 bits per heavy atom. The first-order chi connectivity index (χ1) is 10.1. The lowest BCUT2D eigenvalue weighted by Gasteiger charge is -2.18. The van der Waals surface area contributed by atoms with Crippen molar-refractivity contribution < 1.29 is 9.53 Å². The number of hydrogen-bond donors (Lipinski definition) is 1. The Labute approximate surface area is 133 Å². The lowest BCUT2D eigenvalue weighted by Crippen LogP contribution is -2.22. The Hall–Kier alpha value is -1.81. The molecule has 0 saturated carbocycles. The molecule has 2 aromatic carbocycles. The fraction of sp³-hybridized carbons (Fsp3) is 0.235. The van der Waals surface area contributed by atoms with E-state index in [4.69, 9.17) is 4.74 Å². The van der Waals surface area contributed by atoms with Gasteiger partial charge in [-0.1, -0.05) is 47.1 Å².